The van der Waals surface area contributed by atoms with Gasteiger partial charge in [0.1, 0.15) is 17.0 Å². The first-order chi connectivity index (χ1) is 11.6. The Labute approximate surface area is 145 Å². The Morgan fingerprint density at radius 3 is 3.04 bits per heavy atom. The second kappa shape index (κ2) is 7.92. The molecule has 1 saturated heterocycles. The van der Waals surface area contributed by atoms with Crippen molar-refractivity contribution in [1.82, 2.24) is 15.2 Å². The van der Waals surface area contributed by atoms with E-state index in [1.54, 1.807) is 17.9 Å². The van der Waals surface area contributed by atoms with Crippen LogP contribution in [-0.4, -0.2) is 53.2 Å². The van der Waals surface area contributed by atoms with Gasteiger partial charge in [0.15, 0.2) is 0 Å². The van der Waals surface area contributed by atoms with Crippen LogP contribution in [0.3, 0.4) is 0 Å². The standard InChI is InChI=1S/C17H23N3O3S/c1-12-2-5-20(6-3-12)9-14(21)8-18-16(22)15-11-24-17(19-15)13-4-7-23-10-13/h4,7,10-12,14,21H,2-3,5-6,8-9H2,1H3,(H,18,22). The molecule has 0 radical (unpaired) electrons. The van der Waals surface area contributed by atoms with Crippen LogP contribution in [0.25, 0.3) is 10.6 Å². The molecule has 130 valence electrons. The summed E-state index contributed by atoms with van der Waals surface area (Å²) >= 11 is 1.40. The van der Waals surface area contributed by atoms with Crippen molar-refractivity contribution in [3.05, 3.63) is 29.7 Å². The summed E-state index contributed by atoms with van der Waals surface area (Å²) < 4.78 is 5.02. The van der Waals surface area contributed by atoms with Crippen LogP contribution >= 0.6 is 11.3 Å². The second-order valence-corrected chi connectivity index (χ2v) is 7.26. The molecule has 1 aliphatic heterocycles. The molecule has 2 N–H and O–H groups in total. The summed E-state index contributed by atoms with van der Waals surface area (Å²) in [7, 11) is 0. The van der Waals surface area contributed by atoms with Gasteiger partial charge in [-0.05, 0) is 37.9 Å². The summed E-state index contributed by atoms with van der Waals surface area (Å²) in [5, 5.41) is 15.4. The van der Waals surface area contributed by atoms with Gasteiger partial charge in [-0.1, -0.05) is 6.92 Å². The molecule has 0 aromatic carbocycles. The minimum atomic E-state index is -0.561. The number of β-amino-alcohol motifs (C(OH)–C–C–N with tert-alkyl or cyclic N) is 1. The maximum absolute atomic E-state index is 12.2. The summed E-state index contributed by atoms with van der Waals surface area (Å²) in [6.45, 7) is 5.14. The van der Waals surface area contributed by atoms with Gasteiger partial charge >= 0.3 is 0 Å². The van der Waals surface area contributed by atoms with E-state index in [4.69, 9.17) is 4.42 Å². The molecule has 0 aliphatic carbocycles. The lowest BCUT2D eigenvalue weighted by Gasteiger charge is -2.31. The maximum Gasteiger partial charge on any atom is 0.270 e. The summed E-state index contributed by atoms with van der Waals surface area (Å²) in [6.07, 6.45) is 4.97. The number of aliphatic hydroxyl groups excluding tert-OH is 1. The highest BCUT2D eigenvalue weighted by Crippen LogP contribution is 2.23. The number of aliphatic hydroxyl groups is 1. The van der Waals surface area contributed by atoms with Crippen LogP contribution in [0.15, 0.2) is 28.4 Å². The monoisotopic (exact) mass is 349 g/mol. The molecule has 1 amide bonds. The van der Waals surface area contributed by atoms with Crippen LogP contribution in [0, 0.1) is 5.92 Å². The first-order valence-corrected chi connectivity index (χ1v) is 9.16. The fraction of sp³-hybridized carbons (Fsp3) is 0.529. The lowest BCUT2D eigenvalue weighted by atomic mass is 9.99. The van der Waals surface area contributed by atoms with Crippen molar-refractivity contribution in [2.75, 3.05) is 26.2 Å². The van der Waals surface area contributed by atoms with E-state index < -0.39 is 6.10 Å². The smallest absolute Gasteiger partial charge is 0.270 e. The SMILES string of the molecule is CC1CCN(CC(O)CNC(=O)c2csc(-c3ccoc3)n2)CC1. The van der Waals surface area contributed by atoms with Crippen molar-refractivity contribution in [1.29, 1.82) is 0 Å². The van der Waals surface area contributed by atoms with Gasteiger partial charge in [-0.3, -0.25) is 4.79 Å². The lowest BCUT2D eigenvalue weighted by molar-refractivity contribution is 0.0793. The summed E-state index contributed by atoms with van der Waals surface area (Å²) in [4.78, 5) is 18.7. The van der Waals surface area contributed by atoms with Gasteiger partial charge in [0.2, 0.25) is 0 Å². The van der Waals surface area contributed by atoms with Gasteiger partial charge in [-0.2, -0.15) is 0 Å². The van der Waals surface area contributed by atoms with Crippen molar-refractivity contribution in [2.24, 2.45) is 5.92 Å². The highest BCUT2D eigenvalue weighted by Gasteiger charge is 2.19. The van der Waals surface area contributed by atoms with Crippen molar-refractivity contribution >= 4 is 17.2 Å². The number of amides is 1. The minimum absolute atomic E-state index is 0.240. The Morgan fingerprint density at radius 2 is 2.33 bits per heavy atom. The summed E-state index contributed by atoms with van der Waals surface area (Å²) in [5.74, 6) is 0.513. The number of rotatable bonds is 6. The number of hydrogen-bond donors (Lipinski definition) is 2. The number of thiazole rings is 1. The van der Waals surface area contributed by atoms with Crippen LogP contribution < -0.4 is 5.32 Å². The predicted molar refractivity (Wildman–Crippen MR) is 93.0 cm³/mol. The first kappa shape index (κ1) is 17.1. The van der Waals surface area contributed by atoms with E-state index in [1.807, 2.05) is 6.07 Å². The molecule has 3 rings (SSSR count). The molecule has 0 spiro atoms. The Hall–Kier alpha value is -1.70. The molecular formula is C17H23N3O3S. The van der Waals surface area contributed by atoms with Gasteiger partial charge in [-0.15, -0.1) is 11.3 Å². The molecule has 1 atom stereocenters. The lowest BCUT2D eigenvalue weighted by Crippen LogP contribution is -2.43. The molecule has 1 aliphatic rings. The number of carbonyl (C=O) groups excluding carboxylic acids is 1. The largest absolute Gasteiger partial charge is 0.472 e. The predicted octanol–water partition coefficient (Wildman–Crippen LogP) is 2.23. The zero-order valence-corrected chi connectivity index (χ0v) is 14.6. The zero-order chi connectivity index (χ0) is 16.9. The van der Waals surface area contributed by atoms with Crippen molar-refractivity contribution < 1.29 is 14.3 Å². The molecular weight excluding hydrogens is 326 g/mol. The number of hydrogen-bond acceptors (Lipinski definition) is 6. The molecule has 1 unspecified atom stereocenters. The number of likely N-dealkylation sites (tertiary alicyclic amines) is 1. The zero-order valence-electron chi connectivity index (χ0n) is 13.8. The average Bonchev–Trinajstić information content (AvgIpc) is 3.25. The number of aromatic nitrogens is 1. The number of carbonyl (C=O) groups is 1. The van der Waals surface area contributed by atoms with Gasteiger partial charge in [0.25, 0.3) is 5.91 Å². The van der Waals surface area contributed by atoms with E-state index in [0.29, 0.717) is 12.2 Å². The normalized spacial score (nSPS) is 17.8. The molecule has 0 saturated carbocycles. The molecule has 3 heterocycles. The van der Waals surface area contributed by atoms with Crippen LogP contribution in [-0.2, 0) is 0 Å². The van der Waals surface area contributed by atoms with Crippen LogP contribution in [0.4, 0.5) is 0 Å². The third-order valence-corrected chi connectivity index (χ3v) is 5.24. The number of piperidine rings is 1. The number of nitrogens with one attached hydrogen (secondary N) is 1. The van der Waals surface area contributed by atoms with Gasteiger partial charge in [-0.25, -0.2) is 4.98 Å². The molecule has 1 fully saturated rings. The van der Waals surface area contributed by atoms with E-state index in [0.717, 1.165) is 29.6 Å². The molecule has 7 heteroatoms. The van der Waals surface area contributed by atoms with E-state index >= 15 is 0 Å². The Morgan fingerprint density at radius 1 is 1.54 bits per heavy atom. The highest BCUT2D eigenvalue weighted by molar-refractivity contribution is 7.13. The summed E-state index contributed by atoms with van der Waals surface area (Å²) in [5.41, 5.74) is 1.23. The highest BCUT2D eigenvalue weighted by atomic mass is 32.1. The fourth-order valence-corrected chi connectivity index (χ4v) is 3.59. The van der Waals surface area contributed by atoms with E-state index in [9.17, 15) is 9.90 Å². The fourth-order valence-electron chi connectivity index (χ4n) is 2.81. The summed E-state index contributed by atoms with van der Waals surface area (Å²) in [6, 6.07) is 1.81. The Balaban J connectivity index is 1.45. The average molecular weight is 349 g/mol. The van der Waals surface area contributed by atoms with E-state index in [2.05, 4.69) is 22.1 Å². The second-order valence-electron chi connectivity index (χ2n) is 6.40. The van der Waals surface area contributed by atoms with Gasteiger partial charge in [0.05, 0.1) is 12.4 Å². The van der Waals surface area contributed by atoms with E-state index in [1.165, 1.54) is 24.2 Å². The third-order valence-electron chi connectivity index (χ3n) is 4.35. The number of nitrogens with zero attached hydrogens (tertiary/aromatic N) is 2. The Bertz CT molecular complexity index is 648. The quantitative estimate of drug-likeness (QED) is 0.836. The maximum atomic E-state index is 12.2. The van der Waals surface area contributed by atoms with Crippen LogP contribution in [0.1, 0.15) is 30.3 Å². The van der Waals surface area contributed by atoms with Crippen molar-refractivity contribution in [3.63, 3.8) is 0 Å². The molecule has 2 aromatic rings. The Kier molecular flexibility index (Phi) is 5.65. The molecule has 6 nitrogen and oxygen atoms in total. The van der Waals surface area contributed by atoms with Crippen molar-refractivity contribution in [3.8, 4) is 10.6 Å². The van der Waals surface area contributed by atoms with E-state index in [-0.39, 0.29) is 12.5 Å². The van der Waals surface area contributed by atoms with Gasteiger partial charge in [0, 0.05) is 24.0 Å². The third kappa shape index (κ3) is 4.43. The van der Waals surface area contributed by atoms with Gasteiger partial charge < -0.3 is 19.7 Å². The first-order valence-electron chi connectivity index (χ1n) is 8.28. The molecule has 24 heavy (non-hydrogen) atoms. The number of furan rings is 1. The topological polar surface area (TPSA) is 78.6 Å². The molecule has 0 bridgehead atoms. The van der Waals surface area contributed by atoms with Crippen molar-refractivity contribution in [2.45, 2.75) is 25.9 Å². The minimum Gasteiger partial charge on any atom is -0.472 e. The van der Waals surface area contributed by atoms with Crippen LogP contribution in [0.2, 0.25) is 0 Å². The molecule has 2 aromatic heterocycles. The van der Waals surface area contributed by atoms with Crippen LogP contribution in [0.5, 0.6) is 0 Å².